The molecule has 0 unspecified atom stereocenters. The lowest BCUT2D eigenvalue weighted by atomic mass is 10.1. The number of hydrogen-bond donors (Lipinski definition) is 4. The molecule has 0 fully saturated rings. The number of fused-ring (bicyclic) bond motifs is 1. The Bertz CT molecular complexity index is 1640. The predicted octanol–water partition coefficient (Wildman–Crippen LogP) is 1.81. The van der Waals surface area contributed by atoms with Crippen molar-refractivity contribution in [1.29, 1.82) is 0 Å². The van der Waals surface area contributed by atoms with E-state index in [2.05, 4.69) is 16.4 Å². The minimum absolute atomic E-state index is 0.0538. The van der Waals surface area contributed by atoms with Crippen LogP contribution in [0.3, 0.4) is 0 Å². The van der Waals surface area contributed by atoms with Gasteiger partial charge >= 0.3 is 5.97 Å². The van der Waals surface area contributed by atoms with E-state index in [4.69, 9.17) is 13.9 Å². The van der Waals surface area contributed by atoms with E-state index in [1.54, 1.807) is 18.2 Å². The van der Waals surface area contributed by atoms with E-state index >= 15 is 0 Å². The summed E-state index contributed by atoms with van der Waals surface area (Å²) < 4.78 is 29.8. The smallest absolute Gasteiger partial charge is 0.330 e. The zero-order valence-electron chi connectivity index (χ0n) is 21.9. The fourth-order valence-electron chi connectivity index (χ4n) is 3.76. The molecular weight excluding hydrogens is 537 g/mol. The van der Waals surface area contributed by atoms with E-state index in [1.807, 2.05) is 0 Å². The predicted molar refractivity (Wildman–Crippen MR) is 144 cm³/mol. The number of ether oxygens (including phenoxy) is 2. The van der Waals surface area contributed by atoms with Gasteiger partial charge in [0.15, 0.2) is 17.6 Å². The van der Waals surface area contributed by atoms with Crippen LogP contribution in [0.5, 0.6) is 23.0 Å². The average molecular weight is 565 g/mol. The molecule has 12 heteroatoms. The maximum Gasteiger partial charge on any atom is 0.330 e. The van der Waals surface area contributed by atoms with Crippen molar-refractivity contribution < 1.29 is 43.5 Å². The normalized spacial score (nSPS) is 12.3. The van der Waals surface area contributed by atoms with Gasteiger partial charge in [-0.15, -0.1) is 0 Å². The van der Waals surface area contributed by atoms with Crippen molar-refractivity contribution in [3.05, 3.63) is 94.6 Å². The van der Waals surface area contributed by atoms with Crippen molar-refractivity contribution >= 4 is 28.8 Å². The number of aromatic hydroxyl groups is 1. The Morgan fingerprint density at radius 1 is 1.02 bits per heavy atom. The summed E-state index contributed by atoms with van der Waals surface area (Å²) in [4.78, 5) is 49.8. The van der Waals surface area contributed by atoms with Crippen LogP contribution in [-0.4, -0.2) is 41.5 Å². The second-order valence-electron chi connectivity index (χ2n) is 9.11. The fraction of sp³-hybridized carbons (Fsp3) is 0.172. The SMILES string of the molecule is C[C@H](NC(=O)[C@H]([NH3+])Cc1ccc(O)cc1)C(=O)NCC(=O)Oc1ccc2c(=O)c(Oc3ccccc3F)coc2c1. The topological polar surface area (TPSA) is 172 Å². The molecule has 0 aliphatic rings. The minimum atomic E-state index is -0.949. The van der Waals surface area contributed by atoms with E-state index in [9.17, 15) is 28.7 Å². The van der Waals surface area contributed by atoms with E-state index in [0.29, 0.717) is 6.42 Å². The molecule has 4 rings (SSSR count). The molecule has 212 valence electrons. The number of phenols is 1. The molecule has 4 aromatic rings. The van der Waals surface area contributed by atoms with Gasteiger partial charge in [0.05, 0.1) is 5.39 Å². The van der Waals surface area contributed by atoms with Gasteiger partial charge in [-0.05, 0) is 48.9 Å². The van der Waals surface area contributed by atoms with Gasteiger partial charge in [-0.1, -0.05) is 24.3 Å². The quantitative estimate of drug-likeness (QED) is 0.167. The van der Waals surface area contributed by atoms with Crippen molar-refractivity contribution in [1.82, 2.24) is 10.6 Å². The summed E-state index contributed by atoms with van der Waals surface area (Å²) in [5, 5.41) is 14.4. The van der Waals surface area contributed by atoms with E-state index in [1.165, 1.54) is 55.5 Å². The zero-order valence-corrected chi connectivity index (χ0v) is 21.9. The average Bonchev–Trinajstić information content (AvgIpc) is 2.95. The molecule has 2 amide bonds. The molecule has 3 aromatic carbocycles. The molecule has 41 heavy (non-hydrogen) atoms. The lowest BCUT2D eigenvalue weighted by Crippen LogP contribution is -2.69. The molecule has 0 bridgehead atoms. The Kier molecular flexibility index (Phi) is 8.95. The third-order valence-corrected chi connectivity index (χ3v) is 5.95. The van der Waals surface area contributed by atoms with E-state index in [-0.39, 0.29) is 34.0 Å². The van der Waals surface area contributed by atoms with Crippen molar-refractivity contribution in [2.75, 3.05) is 6.54 Å². The van der Waals surface area contributed by atoms with Crippen molar-refractivity contribution in [2.45, 2.75) is 25.4 Å². The van der Waals surface area contributed by atoms with Crippen molar-refractivity contribution in [3.63, 3.8) is 0 Å². The second kappa shape index (κ2) is 12.7. The summed E-state index contributed by atoms with van der Waals surface area (Å²) >= 11 is 0. The Labute approximate surface area is 232 Å². The van der Waals surface area contributed by atoms with Crippen LogP contribution in [0.1, 0.15) is 12.5 Å². The minimum Gasteiger partial charge on any atom is -0.508 e. The van der Waals surface area contributed by atoms with Gasteiger partial charge in [-0.2, -0.15) is 0 Å². The van der Waals surface area contributed by atoms with Gasteiger partial charge in [-0.25, -0.2) is 9.18 Å². The Balaban J connectivity index is 1.28. The first-order valence-electron chi connectivity index (χ1n) is 12.5. The van der Waals surface area contributed by atoms with Crippen molar-refractivity contribution in [3.8, 4) is 23.0 Å². The molecule has 11 nitrogen and oxygen atoms in total. The highest BCUT2D eigenvalue weighted by molar-refractivity contribution is 5.91. The van der Waals surface area contributed by atoms with Gasteiger partial charge in [0.2, 0.25) is 17.1 Å². The maximum absolute atomic E-state index is 13.9. The standard InChI is InChI=1S/C29H26FN3O8/c1-16(33-29(38)22(31)12-17-6-8-18(34)9-7-17)28(37)32-14-26(35)40-19-10-11-20-24(13-19)39-15-25(27(20)36)41-23-5-3-2-4-21(23)30/h2-11,13,15-16,22,34H,12,14,31H2,1H3,(H,32,37)(H,33,38)/p+1/t16-,22+/m0/s1. The van der Waals surface area contributed by atoms with Crippen LogP contribution in [0.15, 0.2) is 82.2 Å². The lowest BCUT2D eigenvalue weighted by Gasteiger charge is -2.16. The maximum atomic E-state index is 13.9. The van der Waals surface area contributed by atoms with E-state index in [0.717, 1.165) is 11.8 Å². The number of phenolic OH excluding ortho intramolecular Hbond substituents is 1. The summed E-state index contributed by atoms with van der Waals surface area (Å²) in [5.74, 6) is -2.71. The largest absolute Gasteiger partial charge is 0.508 e. The van der Waals surface area contributed by atoms with Gasteiger partial charge in [0, 0.05) is 12.5 Å². The summed E-state index contributed by atoms with van der Waals surface area (Å²) in [6.07, 6.45) is 1.33. The molecule has 0 saturated heterocycles. The number of nitrogens with one attached hydrogen (secondary N) is 2. The first-order valence-corrected chi connectivity index (χ1v) is 12.5. The molecule has 1 aromatic heterocycles. The monoisotopic (exact) mass is 564 g/mol. The van der Waals surface area contributed by atoms with Crippen LogP contribution in [0.25, 0.3) is 11.0 Å². The molecular formula is C29H27FN3O8+. The number of carbonyl (C=O) groups excluding carboxylic acids is 3. The number of rotatable bonds is 10. The van der Waals surface area contributed by atoms with Crippen molar-refractivity contribution in [2.24, 2.45) is 0 Å². The van der Waals surface area contributed by atoms with Gasteiger partial charge in [-0.3, -0.25) is 14.4 Å². The highest BCUT2D eigenvalue weighted by Crippen LogP contribution is 2.25. The number of benzene rings is 3. The molecule has 0 saturated carbocycles. The summed E-state index contributed by atoms with van der Waals surface area (Å²) in [6, 6.07) is 14.4. The highest BCUT2D eigenvalue weighted by atomic mass is 19.1. The number of hydrogen-bond acceptors (Lipinski definition) is 8. The van der Waals surface area contributed by atoms with E-state index < -0.39 is 47.7 Å². The van der Waals surface area contributed by atoms with Gasteiger partial charge < -0.3 is 35.4 Å². The lowest BCUT2D eigenvalue weighted by molar-refractivity contribution is -0.403. The molecule has 1 heterocycles. The van der Waals surface area contributed by atoms with Crippen LogP contribution in [0.4, 0.5) is 4.39 Å². The zero-order chi connectivity index (χ0) is 29.5. The Hall–Kier alpha value is -5.23. The molecule has 0 spiro atoms. The van der Waals surface area contributed by atoms with Crippen LogP contribution in [0, 0.1) is 5.82 Å². The van der Waals surface area contributed by atoms with Crippen LogP contribution >= 0.6 is 0 Å². The first-order chi connectivity index (χ1) is 19.6. The summed E-state index contributed by atoms with van der Waals surface area (Å²) in [7, 11) is 0. The third-order valence-electron chi connectivity index (χ3n) is 5.95. The number of halogens is 1. The first kappa shape index (κ1) is 28.8. The Morgan fingerprint density at radius 3 is 2.49 bits per heavy atom. The molecule has 2 atom stereocenters. The van der Waals surface area contributed by atoms with Crippen LogP contribution in [-0.2, 0) is 20.8 Å². The number of quaternary nitrogens is 1. The highest BCUT2D eigenvalue weighted by Gasteiger charge is 2.23. The Morgan fingerprint density at radius 2 is 1.76 bits per heavy atom. The van der Waals surface area contributed by atoms with Gasteiger partial charge in [0.25, 0.3) is 5.91 Å². The van der Waals surface area contributed by atoms with Gasteiger partial charge in [0.1, 0.15) is 35.9 Å². The summed E-state index contributed by atoms with van der Waals surface area (Å²) in [6.45, 7) is 0.971. The fourth-order valence-corrected chi connectivity index (χ4v) is 3.76. The van der Waals surface area contributed by atoms with Crippen LogP contribution < -0.4 is 31.3 Å². The number of carbonyl (C=O) groups is 3. The third kappa shape index (κ3) is 7.46. The number of para-hydroxylation sites is 1. The number of amides is 2. The molecule has 0 aliphatic carbocycles. The van der Waals surface area contributed by atoms with Crippen LogP contribution in [0.2, 0.25) is 0 Å². The summed E-state index contributed by atoms with van der Waals surface area (Å²) in [5.41, 5.74) is 4.15. The molecule has 0 radical (unpaired) electrons. The molecule has 6 N–H and O–H groups in total. The molecule has 0 aliphatic heterocycles. The second-order valence-corrected chi connectivity index (χ2v) is 9.11. The number of esters is 1.